The zero-order chi connectivity index (χ0) is 19.2. The highest BCUT2D eigenvalue weighted by atomic mass is 35.5. The predicted octanol–water partition coefficient (Wildman–Crippen LogP) is 4.75. The fourth-order valence-corrected chi connectivity index (χ4v) is 2.64. The zero-order valence-corrected chi connectivity index (χ0v) is 15.8. The van der Waals surface area contributed by atoms with E-state index >= 15 is 0 Å². The Morgan fingerprint density at radius 3 is 2.52 bits per heavy atom. The minimum atomic E-state index is -0.118. The Morgan fingerprint density at radius 2 is 1.78 bits per heavy atom. The summed E-state index contributed by atoms with van der Waals surface area (Å²) in [6.45, 7) is 4.02. The van der Waals surface area contributed by atoms with E-state index < -0.39 is 0 Å². The van der Waals surface area contributed by atoms with Crippen molar-refractivity contribution in [2.45, 2.75) is 20.4 Å². The molecule has 27 heavy (non-hydrogen) atoms. The number of nitrogens with one attached hydrogen (secondary N) is 3. The molecule has 3 aromatic rings. The van der Waals surface area contributed by atoms with E-state index in [1.54, 1.807) is 0 Å². The van der Waals surface area contributed by atoms with Gasteiger partial charge in [0, 0.05) is 41.6 Å². The number of halogens is 1. The summed E-state index contributed by atoms with van der Waals surface area (Å²) in [7, 11) is 0. The smallest absolute Gasteiger partial charge is 0.229 e. The van der Waals surface area contributed by atoms with Crippen molar-refractivity contribution in [2.75, 3.05) is 16.0 Å². The molecule has 1 heterocycles. The maximum atomic E-state index is 11.2. The molecule has 7 heteroatoms. The van der Waals surface area contributed by atoms with Crippen molar-refractivity contribution in [1.29, 1.82) is 0 Å². The van der Waals surface area contributed by atoms with Gasteiger partial charge in [-0.05, 0) is 42.8 Å². The minimum Gasteiger partial charge on any atom is -0.366 e. The molecule has 0 saturated carbocycles. The Kier molecular flexibility index (Phi) is 5.88. The second kappa shape index (κ2) is 8.51. The second-order valence-corrected chi connectivity index (χ2v) is 6.52. The van der Waals surface area contributed by atoms with Crippen LogP contribution < -0.4 is 16.0 Å². The summed E-state index contributed by atoms with van der Waals surface area (Å²) >= 11 is 5.91. The highest BCUT2D eigenvalue weighted by Gasteiger charge is 2.05. The SMILES string of the molecule is CC(=O)Nc1cccc(Nc2nc(C)cc(NCc3ccc(Cl)cc3)n2)c1. The number of hydrogen-bond acceptors (Lipinski definition) is 5. The molecule has 2 aromatic carbocycles. The van der Waals surface area contributed by atoms with Gasteiger partial charge < -0.3 is 16.0 Å². The van der Waals surface area contributed by atoms with E-state index in [2.05, 4.69) is 25.9 Å². The van der Waals surface area contributed by atoms with E-state index in [-0.39, 0.29) is 5.91 Å². The van der Waals surface area contributed by atoms with E-state index in [9.17, 15) is 4.79 Å². The van der Waals surface area contributed by atoms with Crippen LogP contribution in [0.4, 0.5) is 23.1 Å². The van der Waals surface area contributed by atoms with Crippen molar-refractivity contribution in [2.24, 2.45) is 0 Å². The first-order valence-electron chi connectivity index (χ1n) is 8.46. The van der Waals surface area contributed by atoms with Gasteiger partial charge in [0.15, 0.2) is 0 Å². The second-order valence-electron chi connectivity index (χ2n) is 6.09. The van der Waals surface area contributed by atoms with Crippen LogP contribution in [0, 0.1) is 6.92 Å². The van der Waals surface area contributed by atoms with Crippen LogP contribution in [0.5, 0.6) is 0 Å². The number of aryl methyl sites for hydroxylation is 1. The molecule has 3 N–H and O–H groups in total. The number of benzene rings is 2. The van der Waals surface area contributed by atoms with Gasteiger partial charge in [-0.1, -0.05) is 29.8 Å². The van der Waals surface area contributed by atoms with Crippen LogP contribution in [-0.4, -0.2) is 15.9 Å². The van der Waals surface area contributed by atoms with Gasteiger partial charge in [0.1, 0.15) is 5.82 Å². The van der Waals surface area contributed by atoms with Crippen molar-refractivity contribution < 1.29 is 4.79 Å². The largest absolute Gasteiger partial charge is 0.366 e. The average molecular weight is 382 g/mol. The predicted molar refractivity (Wildman–Crippen MR) is 110 cm³/mol. The summed E-state index contributed by atoms with van der Waals surface area (Å²) in [6.07, 6.45) is 0. The number of carbonyl (C=O) groups is 1. The summed E-state index contributed by atoms with van der Waals surface area (Å²) in [4.78, 5) is 20.1. The van der Waals surface area contributed by atoms with E-state index in [1.165, 1.54) is 6.92 Å². The maximum Gasteiger partial charge on any atom is 0.229 e. The normalized spacial score (nSPS) is 10.3. The Hall–Kier alpha value is -3.12. The van der Waals surface area contributed by atoms with E-state index in [4.69, 9.17) is 11.6 Å². The fourth-order valence-electron chi connectivity index (χ4n) is 2.52. The Bertz CT molecular complexity index is 943. The van der Waals surface area contributed by atoms with E-state index in [0.29, 0.717) is 23.2 Å². The molecule has 0 unspecified atom stereocenters. The summed E-state index contributed by atoms with van der Waals surface area (Å²) in [6, 6.07) is 16.9. The maximum absolute atomic E-state index is 11.2. The van der Waals surface area contributed by atoms with Crippen LogP contribution >= 0.6 is 11.6 Å². The number of hydrogen-bond donors (Lipinski definition) is 3. The monoisotopic (exact) mass is 381 g/mol. The molecule has 0 radical (unpaired) electrons. The first kappa shape index (κ1) is 18.7. The van der Waals surface area contributed by atoms with Crippen LogP contribution in [-0.2, 0) is 11.3 Å². The van der Waals surface area contributed by atoms with Gasteiger partial charge in [-0.15, -0.1) is 0 Å². The number of carbonyl (C=O) groups excluding carboxylic acids is 1. The lowest BCUT2D eigenvalue weighted by Crippen LogP contribution is -2.07. The summed E-state index contributed by atoms with van der Waals surface area (Å²) < 4.78 is 0. The van der Waals surface area contributed by atoms with Crippen LogP contribution in [0.25, 0.3) is 0 Å². The quantitative estimate of drug-likeness (QED) is 0.574. The third-order valence-electron chi connectivity index (χ3n) is 3.68. The molecule has 138 valence electrons. The topological polar surface area (TPSA) is 78.9 Å². The van der Waals surface area contributed by atoms with Gasteiger partial charge in [-0.25, -0.2) is 4.98 Å². The standard InChI is InChI=1S/C20H20ClN5O/c1-13-10-19(22-12-15-6-8-16(21)9-7-15)26-20(23-13)25-18-5-3-4-17(11-18)24-14(2)27/h3-11H,12H2,1-2H3,(H,24,27)(H2,22,23,25,26). The van der Waals surface area contributed by atoms with Gasteiger partial charge in [0.2, 0.25) is 11.9 Å². The molecule has 1 amide bonds. The lowest BCUT2D eigenvalue weighted by Gasteiger charge is -2.11. The highest BCUT2D eigenvalue weighted by Crippen LogP contribution is 2.20. The zero-order valence-electron chi connectivity index (χ0n) is 15.1. The minimum absolute atomic E-state index is 0.118. The fraction of sp³-hybridized carbons (Fsp3) is 0.150. The molecule has 0 saturated heterocycles. The molecular formula is C20H20ClN5O. The summed E-state index contributed by atoms with van der Waals surface area (Å²) in [5.41, 5.74) is 3.44. The molecule has 1 aromatic heterocycles. The van der Waals surface area contributed by atoms with E-state index in [0.717, 1.165) is 22.8 Å². The molecule has 0 spiro atoms. The van der Waals surface area contributed by atoms with Crippen molar-refractivity contribution in [1.82, 2.24) is 9.97 Å². The van der Waals surface area contributed by atoms with Crippen molar-refractivity contribution in [3.8, 4) is 0 Å². The molecule has 0 atom stereocenters. The lowest BCUT2D eigenvalue weighted by atomic mass is 10.2. The first-order valence-corrected chi connectivity index (χ1v) is 8.84. The highest BCUT2D eigenvalue weighted by molar-refractivity contribution is 6.30. The molecule has 3 rings (SSSR count). The van der Waals surface area contributed by atoms with Gasteiger partial charge in [0.05, 0.1) is 0 Å². The molecular weight excluding hydrogens is 362 g/mol. The summed E-state index contributed by atoms with van der Waals surface area (Å²) in [5.74, 6) is 1.08. The number of aromatic nitrogens is 2. The molecule has 0 aliphatic rings. The van der Waals surface area contributed by atoms with Crippen LogP contribution in [0.3, 0.4) is 0 Å². The van der Waals surface area contributed by atoms with Crippen molar-refractivity contribution >= 4 is 40.6 Å². The third kappa shape index (κ3) is 5.69. The molecule has 0 fully saturated rings. The van der Waals surface area contributed by atoms with Crippen molar-refractivity contribution in [3.63, 3.8) is 0 Å². The average Bonchev–Trinajstić information content (AvgIpc) is 2.60. The molecule has 0 aliphatic heterocycles. The Balaban J connectivity index is 1.71. The van der Waals surface area contributed by atoms with Gasteiger partial charge in [-0.3, -0.25) is 4.79 Å². The van der Waals surface area contributed by atoms with Gasteiger partial charge in [0.25, 0.3) is 0 Å². The first-order chi connectivity index (χ1) is 13.0. The molecule has 0 aliphatic carbocycles. The molecule has 0 bridgehead atoms. The van der Waals surface area contributed by atoms with Crippen LogP contribution in [0.15, 0.2) is 54.6 Å². The molecule has 6 nitrogen and oxygen atoms in total. The van der Waals surface area contributed by atoms with Gasteiger partial charge in [-0.2, -0.15) is 4.98 Å². The van der Waals surface area contributed by atoms with Gasteiger partial charge >= 0.3 is 0 Å². The summed E-state index contributed by atoms with van der Waals surface area (Å²) in [5, 5.41) is 9.93. The number of amides is 1. The van der Waals surface area contributed by atoms with E-state index in [1.807, 2.05) is 61.5 Å². The Labute approximate surface area is 163 Å². The number of anilines is 4. The third-order valence-corrected chi connectivity index (χ3v) is 3.93. The number of nitrogens with zero attached hydrogens (tertiary/aromatic N) is 2. The van der Waals surface area contributed by atoms with Crippen LogP contribution in [0.2, 0.25) is 5.02 Å². The lowest BCUT2D eigenvalue weighted by molar-refractivity contribution is -0.114. The van der Waals surface area contributed by atoms with Crippen molar-refractivity contribution in [3.05, 3.63) is 70.9 Å². The van der Waals surface area contributed by atoms with Crippen LogP contribution in [0.1, 0.15) is 18.2 Å². The number of rotatable bonds is 6. The Morgan fingerprint density at radius 1 is 1.04 bits per heavy atom.